The van der Waals surface area contributed by atoms with Gasteiger partial charge in [0.05, 0.1) is 25.2 Å². The number of carbonyl (C=O) groups excluding carboxylic acids is 2. The van der Waals surface area contributed by atoms with Crippen molar-refractivity contribution in [1.29, 1.82) is 0 Å². The van der Waals surface area contributed by atoms with Gasteiger partial charge in [0.1, 0.15) is 6.10 Å². The quantitative estimate of drug-likeness (QED) is 0.0246. The minimum absolute atomic E-state index is 0.0611. The SMILES string of the molecule is CC/C=C/C=C/C=C/CCCCCCCC(CC(=O)NC(CO)C(O)CCCCCCCCCCCC)OC(=O)CCCCCCC/C=C/CCCCCCCCCCC. The van der Waals surface area contributed by atoms with E-state index in [1.54, 1.807) is 0 Å². The molecule has 0 spiro atoms. The van der Waals surface area contributed by atoms with Crippen LogP contribution < -0.4 is 5.32 Å². The van der Waals surface area contributed by atoms with Crippen LogP contribution in [0.15, 0.2) is 48.6 Å². The first-order valence-corrected chi connectivity index (χ1v) is 25.9. The Kier molecular flexibility index (Phi) is 46.1. The van der Waals surface area contributed by atoms with Crippen molar-refractivity contribution in [3.05, 3.63) is 48.6 Å². The molecule has 0 aromatic rings. The normalized spacial score (nSPS) is 13.6. The molecular formula is C54H99NO5. The summed E-state index contributed by atoms with van der Waals surface area (Å²) in [6, 6.07) is -0.708. The van der Waals surface area contributed by atoms with Crippen LogP contribution in [0.25, 0.3) is 0 Å². The van der Waals surface area contributed by atoms with Crippen LogP contribution in [0.5, 0.6) is 0 Å². The van der Waals surface area contributed by atoms with Gasteiger partial charge >= 0.3 is 5.97 Å². The molecule has 0 bridgehead atoms. The topological polar surface area (TPSA) is 95.9 Å². The summed E-state index contributed by atoms with van der Waals surface area (Å²) in [6.45, 7) is 6.34. The van der Waals surface area contributed by atoms with Crippen LogP contribution in [-0.4, -0.2) is 46.9 Å². The average Bonchev–Trinajstić information content (AvgIpc) is 3.24. The Labute approximate surface area is 372 Å². The molecule has 0 aliphatic carbocycles. The van der Waals surface area contributed by atoms with Crippen LogP contribution in [0.4, 0.5) is 0 Å². The molecule has 3 N–H and O–H groups in total. The molecule has 0 radical (unpaired) electrons. The van der Waals surface area contributed by atoms with Crippen LogP contribution in [0.2, 0.25) is 0 Å². The van der Waals surface area contributed by atoms with Crippen molar-refractivity contribution in [2.24, 2.45) is 0 Å². The largest absolute Gasteiger partial charge is 0.462 e. The Balaban J connectivity index is 4.56. The molecule has 0 saturated heterocycles. The zero-order valence-corrected chi connectivity index (χ0v) is 39.8. The number of allylic oxidation sites excluding steroid dienone is 8. The lowest BCUT2D eigenvalue weighted by Gasteiger charge is -2.24. The van der Waals surface area contributed by atoms with Gasteiger partial charge in [0.25, 0.3) is 0 Å². The molecule has 0 aliphatic heterocycles. The van der Waals surface area contributed by atoms with Gasteiger partial charge in [-0.15, -0.1) is 0 Å². The van der Waals surface area contributed by atoms with E-state index in [2.05, 4.69) is 74.7 Å². The molecule has 350 valence electrons. The summed E-state index contributed by atoms with van der Waals surface area (Å²) >= 11 is 0. The van der Waals surface area contributed by atoms with E-state index in [0.29, 0.717) is 19.3 Å². The highest BCUT2D eigenvalue weighted by Crippen LogP contribution is 2.18. The smallest absolute Gasteiger partial charge is 0.306 e. The van der Waals surface area contributed by atoms with E-state index in [1.807, 2.05) is 0 Å². The minimum atomic E-state index is -0.793. The molecule has 1 amide bonds. The van der Waals surface area contributed by atoms with Crippen LogP contribution >= 0.6 is 0 Å². The van der Waals surface area contributed by atoms with Crippen LogP contribution in [0, 0.1) is 0 Å². The molecule has 0 heterocycles. The Hall–Kier alpha value is -2.18. The van der Waals surface area contributed by atoms with E-state index >= 15 is 0 Å². The number of hydrogen-bond acceptors (Lipinski definition) is 5. The number of esters is 1. The monoisotopic (exact) mass is 842 g/mol. The molecule has 0 aliphatic rings. The van der Waals surface area contributed by atoms with Crippen molar-refractivity contribution in [3.63, 3.8) is 0 Å². The number of amides is 1. The van der Waals surface area contributed by atoms with Crippen LogP contribution in [0.3, 0.4) is 0 Å². The van der Waals surface area contributed by atoms with Gasteiger partial charge < -0.3 is 20.3 Å². The van der Waals surface area contributed by atoms with Crippen LogP contribution in [-0.2, 0) is 14.3 Å². The molecule has 0 aromatic carbocycles. The zero-order chi connectivity index (χ0) is 43.8. The van der Waals surface area contributed by atoms with Gasteiger partial charge in [0.15, 0.2) is 0 Å². The van der Waals surface area contributed by atoms with E-state index in [0.717, 1.165) is 89.9 Å². The lowest BCUT2D eigenvalue weighted by atomic mass is 10.0. The molecule has 0 aromatic heterocycles. The zero-order valence-electron chi connectivity index (χ0n) is 39.8. The second-order valence-corrected chi connectivity index (χ2v) is 17.6. The van der Waals surface area contributed by atoms with Gasteiger partial charge in [-0.05, 0) is 70.6 Å². The fourth-order valence-corrected chi connectivity index (χ4v) is 7.78. The molecule has 3 unspecified atom stereocenters. The van der Waals surface area contributed by atoms with E-state index in [-0.39, 0.29) is 24.9 Å². The minimum Gasteiger partial charge on any atom is -0.462 e. The van der Waals surface area contributed by atoms with Gasteiger partial charge in [-0.1, -0.05) is 223 Å². The lowest BCUT2D eigenvalue weighted by Crippen LogP contribution is -2.46. The predicted octanol–water partition coefficient (Wildman–Crippen LogP) is 15.5. The molecule has 60 heavy (non-hydrogen) atoms. The fraction of sp³-hybridized carbons (Fsp3) is 0.815. The number of aliphatic hydroxyl groups is 2. The predicted molar refractivity (Wildman–Crippen MR) is 259 cm³/mol. The van der Waals surface area contributed by atoms with Gasteiger partial charge in [0.2, 0.25) is 5.91 Å². The maximum absolute atomic E-state index is 13.2. The average molecular weight is 842 g/mol. The summed E-state index contributed by atoms with van der Waals surface area (Å²) in [5.41, 5.74) is 0. The van der Waals surface area contributed by atoms with Crippen molar-refractivity contribution in [3.8, 4) is 0 Å². The van der Waals surface area contributed by atoms with Gasteiger partial charge in [-0.3, -0.25) is 9.59 Å². The summed E-state index contributed by atoms with van der Waals surface area (Å²) < 4.78 is 5.92. The highest BCUT2D eigenvalue weighted by Gasteiger charge is 2.24. The Bertz CT molecular complexity index is 1040. The first-order valence-electron chi connectivity index (χ1n) is 25.9. The molecule has 3 atom stereocenters. The molecule has 0 fully saturated rings. The van der Waals surface area contributed by atoms with E-state index in [1.165, 1.54) is 122 Å². The third-order valence-electron chi connectivity index (χ3n) is 11.7. The van der Waals surface area contributed by atoms with E-state index in [9.17, 15) is 19.8 Å². The van der Waals surface area contributed by atoms with Crippen molar-refractivity contribution in [1.82, 2.24) is 5.32 Å². The number of nitrogens with one attached hydrogen (secondary N) is 1. The third kappa shape index (κ3) is 42.5. The summed E-state index contributed by atoms with van der Waals surface area (Å²) in [5, 5.41) is 23.7. The first-order chi connectivity index (χ1) is 29.5. The second kappa shape index (κ2) is 47.9. The highest BCUT2D eigenvalue weighted by atomic mass is 16.5. The standard InChI is InChI=1S/C54H99NO5/c1-4-7-10-13-16-19-22-24-25-26-27-28-30-32-35-38-41-44-47-54(59)60-50(45-42-39-36-33-31-29-23-20-17-14-11-8-5-2)48-53(58)55-51(49-56)52(57)46-43-40-37-34-21-18-15-12-9-6-3/h8,11,14,17,20,23,27-28,50-52,56-57H,4-7,9-10,12-13,15-16,18-19,21-22,24-26,29-49H2,1-3H3,(H,55,58)/b11-8+,17-14+,23-20+,28-27+. The highest BCUT2D eigenvalue weighted by molar-refractivity contribution is 5.77. The maximum atomic E-state index is 13.2. The number of rotatable bonds is 46. The molecule has 0 saturated carbocycles. The van der Waals surface area contributed by atoms with Crippen molar-refractivity contribution in [2.75, 3.05) is 6.61 Å². The van der Waals surface area contributed by atoms with Gasteiger partial charge in [-0.2, -0.15) is 0 Å². The van der Waals surface area contributed by atoms with E-state index in [4.69, 9.17) is 4.74 Å². The third-order valence-corrected chi connectivity index (χ3v) is 11.7. The Morgan fingerprint density at radius 2 is 0.917 bits per heavy atom. The number of ether oxygens (including phenoxy) is 1. The molecular weight excluding hydrogens is 743 g/mol. The summed E-state index contributed by atoms with van der Waals surface area (Å²) in [5.74, 6) is -0.500. The van der Waals surface area contributed by atoms with Crippen molar-refractivity contribution < 1.29 is 24.5 Å². The molecule has 6 nitrogen and oxygen atoms in total. The second-order valence-electron chi connectivity index (χ2n) is 17.6. The summed E-state index contributed by atoms with van der Waals surface area (Å²) in [7, 11) is 0. The van der Waals surface area contributed by atoms with Crippen LogP contribution in [0.1, 0.15) is 258 Å². The van der Waals surface area contributed by atoms with Gasteiger partial charge in [0, 0.05) is 6.42 Å². The molecule has 0 rings (SSSR count). The Morgan fingerprint density at radius 1 is 0.500 bits per heavy atom. The maximum Gasteiger partial charge on any atom is 0.306 e. The molecule has 6 heteroatoms. The first kappa shape index (κ1) is 57.8. The fourth-order valence-electron chi connectivity index (χ4n) is 7.78. The summed E-state index contributed by atoms with van der Waals surface area (Å²) in [6.07, 6.45) is 57.5. The van der Waals surface area contributed by atoms with Crippen molar-refractivity contribution >= 4 is 11.9 Å². The number of unbranched alkanes of at least 4 members (excludes halogenated alkanes) is 28. The summed E-state index contributed by atoms with van der Waals surface area (Å²) in [4.78, 5) is 26.1. The van der Waals surface area contributed by atoms with Crippen molar-refractivity contribution in [2.45, 2.75) is 277 Å². The number of hydrogen-bond donors (Lipinski definition) is 3. The lowest BCUT2D eigenvalue weighted by molar-refractivity contribution is -0.151. The van der Waals surface area contributed by atoms with E-state index < -0.39 is 18.2 Å². The number of carbonyl (C=O) groups is 2. The number of aliphatic hydroxyl groups excluding tert-OH is 2. The van der Waals surface area contributed by atoms with Gasteiger partial charge in [-0.25, -0.2) is 0 Å². The Morgan fingerprint density at radius 3 is 1.40 bits per heavy atom.